The topological polar surface area (TPSA) is 105 Å². The maximum Gasteiger partial charge on any atom is 0.279 e. The average molecular weight is 587 g/mol. The van der Waals surface area contributed by atoms with Gasteiger partial charge in [0.2, 0.25) is 5.88 Å². The second kappa shape index (κ2) is 10.2. The van der Waals surface area contributed by atoms with E-state index in [0.717, 1.165) is 68.3 Å². The lowest BCUT2D eigenvalue weighted by atomic mass is 9.82. The zero-order valence-corrected chi connectivity index (χ0v) is 24.2. The molecule has 0 spiro atoms. The summed E-state index contributed by atoms with van der Waals surface area (Å²) < 4.78 is 7.87. The van der Waals surface area contributed by atoms with Gasteiger partial charge in [-0.25, -0.2) is 4.98 Å². The zero-order valence-electron chi connectivity index (χ0n) is 23.5. The highest BCUT2D eigenvalue weighted by atomic mass is 35.5. The molecule has 4 aliphatic heterocycles. The largest absolute Gasteiger partial charge is 0.508 e. The summed E-state index contributed by atoms with van der Waals surface area (Å²) in [5, 5.41) is 25.6. The third-order valence-corrected chi connectivity index (χ3v) is 10.3. The van der Waals surface area contributed by atoms with Crippen molar-refractivity contribution >= 4 is 33.1 Å². The van der Waals surface area contributed by atoms with Crippen molar-refractivity contribution in [2.75, 3.05) is 32.8 Å². The zero-order chi connectivity index (χ0) is 28.4. The highest BCUT2D eigenvalue weighted by Gasteiger charge is 2.45. The number of halogens is 1. The lowest BCUT2D eigenvalue weighted by molar-refractivity contribution is 0.110. The number of pyridine rings is 1. The van der Waals surface area contributed by atoms with E-state index < -0.39 is 0 Å². The average Bonchev–Trinajstić information content (AvgIpc) is 3.56. The second-order valence-corrected chi connectivity index (χ2v) is 13.0. The first kappa shape index (κ1) is 26.4. The van der Waals surface area contributed by atoms with Gasteiger partial charge in [0.1, 0.15) is 12.4 Å². The monoisotopic (exact) mass is 586 g/mol. The molecule has 218 valence electrons. The number of ether oxygens (including phenoxy) is 1. The van der Waals surface area contributed by atoms with Crippen molar-refractivity contribution < 1.29 is 9.84 Å². The minimum atomic E-state index is -0.287. The van der Waals surface area contributed by atoms with Crippen LogP contribution >= 0.6 is 11.6 Å². The highest BCUT2D eigenvalue weighted by molar-refractivity contribution is 6.36. The summed E-state index contributed by atoms with van der Waals surface area (Å²) in [5.74, 6) is 0.732. The molecule has 4 aromatic rings. The number of aromatic nitrogens is 3. The number of aromatic hydroxyl groups is 1. The van der Waals surface area contributed by atoms with E-state index >= 15 is 0 Å². The molecule has 2 unspecified atom stereocenters. The Kier molecular flexibility index (Phi) is 6.40. The standard InChI is InChI=1S/C32H35ClN6O3/c33-26-5-1-4-19-12-23(40)13-27(29(19)26)39-31(41)24-14-28(42-18-32-6-2-8-38(32)9-3-7-32)37-30(25(24)17-35-39)20-10-21-15-34-16-22(11-20)36-21/h1,4-5,12-14,17,20-22,34,36,40H,2-3,6-11,15-16,18H2. The molecular weight excluding hydrogens is 552 g/mol. The van der Waals surface area contributed by atoms with Gasteiger partial charge in [0.25, 0.3) is 5.56 Å². The molecular formula is C32H35ClN6O3. The van der Waals surface area contributed by atoms with Gasteiger partial charge in [-0.2, -0.15) is 9.78 Å². The Balaban J connectivity index is 1.27. The van der Waals surface area contributed by atoms with Gasteiger partial charge in [0.15, 0.2) is 0 Å². The van der Waals surface area contributed by atoms with E-state index in [1.54, 1.807) is 30.5 Å². The van der Waals surface area contributed by atoms with Crippen molar-refractivity contribution in [2.24, 2.45) is 0 Å². The summed E-state index contributed by atoms with van der Waals surface area (Å²) in [6.07, 6.45) is 8.29. The van der Waals surface area contributed by atoms with Crippen molar-refractivity contribution in [3.63, 3.8) is 0 Å². The van der Waals surface area contributed by atoms with E-state index in [1.807, 2.05) is 12.1 Å². The summed E-state index contributed by atoms with van der Waals surface area (Å²) >= 11 is 6.61. The van der Waals surface area contributed by atoms with Gasteiger partial charge in [-0.3, -0.25) is 9.69 Å². The molecule has 4 fully saturated rings. The number of phenols is 1. The first-order chi connectivity index (χ1) is 20.5. The Bertz CT molecular complexity index is 1740. The van der Waals surface area contributed by atoms with Crippen molar-refractivity contribution in [1.82, 2.24) is 30.3 Å². The minimum absolute atomic E-state index is 0.0415. The number of phenolic OH excluding ortho intramolecular Hbond substituents is 1. The lowest BCUT2D eigenvalue weighted by Gasteiger charge is -2.40. The van der Waals surface area contributed by atoms with Crippen LogP contribution in [0.5, 0.6) is 11.6 Å². The van der Waals surface area contributed by atoms with Crippen LogP contribution in [0, 0.1) is 0 Å². The van der Waals surface area contributed by atoms with Crippen LogP contribution in [0.3, 0.4) is 0 Å². The molecule has 2 aromatic carbocycles. The molecule has 9 nitrogen and oxygen atoms in total. The molecule has 4 saturated heterocycles. The number of piperazine rings is 1. The van der Waals surface area contributed by atoms with Crippen LogP contribution in [-0.2, 0) is 0 Å². The van der Waals surface area contributed by atoms with Crippen molar-refractivity contribution in [3.05, 3.63) is 63.7 Å². The van der Waals surface area contributed by atoms with Gasteiger partial charge >= 0.3 is 0 Å². The summed E-state index contributed by atoms with van der Waals surface area (Å²) in [6.45, 7) is 4.69. The van der Waals surface area contributed by atoms with Crippen LogP contribution in [0.25, 0.3) is 27.2 Å². The number of hydrogen-bond donors (Lipinski definition) is 3. The number of hydrogen-bond acceptors (Lipinski definition) is 8. The molecule has 0 aliphatic carbocycles. The number of nitrogens with one attached hydrogen (secondary N) is 2. The molecule has 4 aliphatic rings. The Morgan fingerprint density at radius 2 is 1.86 bits per heavy atom. The molecule has 42 heavy (non-hydrogen) atoms. The normalized spacial score (nSPS) is 25.2. The van der Waals surface area contributed by atoms with E-state index in [4.69, 9.17) is 21.3 Å². The van der Waals surface area contributed by atoms with Gasteiger partial charge < -0.3 is 20.5 Å². The van der Waals surface area contributed by atoms with Gasteiger partial charge in [0.05, 0.1) is 33.5 Å². The van der Waals surface area contributed by atoms with E-state index in [1.165, 1.54) is 17.5 Å². The molecule has 3 N–H and O–H groups in total. The molecule has 0 radical (unpaired) electrons. The summed E-state index contributed by atoms with van der Waals surface area (Å²) in [6, 6.07) is 11.2. The van der Waals surface area contributed by atoms with E-state index in [9.17, 15) is 9.90 Å². The number of nitrogens with zero attached hydrogens (tertiary/aromatic N) is 4. The number of piperidine rings is 1. The maximum absolute atomic E-state index is 14.3. The third-order valence-electron chi connectivity index (χ3n) is 9.99. The Labute approximate surface area is 248 Å². The predicted molar refractivity (Wildman–Crippen MR) is 163 cm³/mol. The quantitative estimate of drug-likeness (QED) is 0.321. The third kappa shape index (κ3) is 4.37. The van der Waals surface area contributed by atoms with Crippen LogP contribution < -0.4 is 20.9 Å². The fourth-order valence-electron chi connectivity index (χ4n) is 8.07. The Morgan fingerprint density at radius 1 is 1.07 bits per heavy atom. The van der Waals surface area contributed by atoms with Crippen molar-refractivity contribution in [2.45, 2.75) is 62.1 Å². The molecule has 8 rings (SSSR count). The van der Waals surface area contributed by atoms with E-state index in [0.29, 0.717) is 46.1 Å². The molecule has 10 heteroatoms. The van der Waals surface area contributed by atoms with Gasteiger partial charge in [-0.1, -0.05) is 23.7 Å². The van der Waals surface area contributed by atoms with Crippen LogP contribution in [0.2, 0.25) is 5.02 Å². The smallest absolute Gasteiger partial charge is 0.279 e. The van der Waals surface area contributed by atoms with Gasteiger partial charge in [-0.15, -0.1) is 0 Å². The summed E-state index contributed by atoms with van der Waals surface area (Å²) in [7, 11) is 0. The van der Waals surface area contributed by atoms with Crippen LogP contribution in [-0.4, -0.2) is 75.2 Å². The number of benzene rings is 2. The Morgan fingerprint density at radius 3 is 2.64 bits per heavy atom. The van der Waals surface area contributed by atoms with Gasteiger partial charge in [0, 0.05) is 54.0 Å². The van der Waals surface area contributed by atoms with E-state index in [-0.39, 0.29) is 22.8 Å². The predicted octanol–water partition coefficient (Wildman–Crippen LogP) is 4.11. The lowest BCUT2D eigenvalue weighted by Crippen LogP contribution is -2.58. The molecule has 2 atom stereocenters. The molecule has 2 bridgehead atoms. The molecule has 0 amide bonds. The van der Waals surface area contributed by atoms with Crippen LogP contribution in [0.15, 0.2) is 47.4 Å². The maximum atomic E-state index is 14.3. The first-order valence-electron chi connectivity index (χ1n) is 15.2. The molecule has 6 heterocycles. The number of rotatable bonds is 5. The summed E-state index contributed by atoms with van der Waals surface area (Å²) in [4.78, 5) is 22.0. The Hall–Kier alpha value is -3.24. The van der Waals surface area contributed by atoms with Crippen LogP contribution in [0.4, 0.5) is 0 Å². The fraction of sp³-hybridized carbons (Fsp3) is 0.469. The van der Waals surface area contributed by atoms with Gasteiger partial charge in [-0.05, 0) is 69.1 Å². The van der Waals surface area contributed by atoms with Crippen molar-refractivity contribution in [3.8, 4) is 17.3 Å². The fourth-order valence-corrected chi connectivity index (χ4v) is 8.35. The molecule has 2 aromatic heterocycles. The van der Waals surface area contributed by atoms with Crippen molar-refractivity contribution in [1.29, 1.82) is 0 Å². The molecule has 0 saturated carbocycles. The second-order valence-electron chi connectivity index (χ2n) is 12.6. The number of fused-ring (bicyclic) bond motifs is 5. The SMILES string of the molecule is O=c1c2cc(OCC34CCCN3CCC4)nc(C3CC4CNCC(C3)N4)c2cnn1-c1cc(O)cc2cccc(Cl)c12. The highest BCUT2D eigenvalue weighted by Crippen LogP contribution is 2.40. The van der Waals surface area contributed by atoms with E-state index in [2.05, 4.69) is 20.6 Å². The minimum Gasteiger partial charge on any atom is -0.508 e. The first-order valence-corrected chi connectivity index (χ1v) is 15.5. The van der Waals surface area contributed by atoms with Crippen LogP contribution in [0.1, 0.15) is 50.1 Å². The summed E-state index contributed by atoms with van der Waals surface area (Å²) in [5.41, 5.74) is 1.12.